The molecule has 1 atom stereocenters. The zero-order chi connectivity index (χ0) is 13.0. The highest BCUT2D eigenvalue weighted by Crippen LogP contribution is 2.20. The first-order chi connectivity index (χ1) is 8.66. The van der Waals surface area contributed by atoms with E-state index in [1.807, 2.05) is 30.3 Å². The van der Waals surface area contributed by atoms with Crippen LogP contribution in [0.3, 0.4) is 0 Å². The fourth-order valence-corrected chi connectivity index (χ4v) is 1.38. The summed E-state index contributed by atoms with van der Waals surface area (Å²) in [4.78, 5) is 14.6. The maximum Gasteiger partial charge on any atom is 0.332 e. The van der Waals surface area contributed by atoms with E-state index in [-0.39, 0.29) is 6.61 Å². The molecule has 0 aliphatic rings. The van der Waals surface area contributed by atoms with E-state index in [1.165, 1.54) is 6.92 Å². The molecule has 0 fully saturated rings. The van der Waals surface area contributed by atoms with Crippen LogP contribution in [-0.4, -0.2) is 22.2 Å². The number of benzene rings is 1. The second-order valence-corrected chi connectivity index (χ2v) is 3.78. The van der Waals surface area contributed by atoms with Gasteiger partial charge in [-0.1, -0.05) is 30.3 Å². The Morgan fingerprint density at radius 3 is 2.83 bits per heavy atom. The lowest BCUT2D eigenvalue weighted by atomic mass is 10.2. The quantitative estimate of drug-likeness (QED) is 0.877. The average molecular weight is 247 g/mol. The summed E-state index contributed by atoms with van der Waals surface area (Å²) in [6.45, 7) is 1.50. The lowest BCUT2D eigenvalue weighted by Gasteiger charge is -2.05. The van der Waals surface area contributed by atoms with Crippen LogP contribution in [0, 0.1) is 0 Å². The largest absolute Gasteiger partial charge is 0.479 e. The summed E-state index contributed by atoms with van der Waals surface area (Å²) in [6.07, 6.45) is 0.719. The van der Waals surface area contributed by atoms with Crippen LogP contribution in [0.25, 0.3) is 11.3 Å². The minimum absolute atomic E-state index is 0.0420. The molecule has 1 heterocycles. The predicted octanol–water partition coefficient (Wildman–Crippen LogP) is 2.33. The maximum atomic E-state index is 10.6. The minimum atomic E-state index is -1.01. The van der Waals surface area contributed by atoms with Crippen LogP contribution in [-0.2, 0) is 16.1 Å². The molecule has 1 unspecified atom stereocenters. The van der Waals surface area contributed by atoms with Gasteiger partial charge in [-0.15, -0.1) is 0 Å². The van der Waals surface area contributed by atoms with Crippen LogP contribution in [0.4, 0.5) is 0 Å². The third-order valence-electron chi connectivity index (χ3n) is 2.42. The second kappa shape index (κ2) is 5.46. The summed E-state index contributed by atoms with van der Waals surface area (Å²) < 4.78 is 10.6. The molecule has 94 valence electrons. The van der Waals surface area contributed by atoms with E-state index in [4.69, 9.17) is 14.3 Å². The van der Waals surface area contributed by atoms with E-state index in [9.17, 15) is 4.79 Å². The molecular weight excluding hydrogens is 234 g/mol. The smallest absolute Gasteiger partial charge is 0.332 e. The zero-order valence-corrected chi connectivity index (χ0v) is 9.87. The molecule has 1 aromatic carbocycles. The molecule has 0 saturated carbocycles. The zero-order valence-electron chi connectivity index (χ0n) is 9.87. The van der Waals surface area contributed by atoms with Crippen LogP contribution in [0.1, 0.15) is 12.8 Å². The van der Waals surface area contributed by atoms with Gasteiger partial charge in [-0.25, -0.2) is 9.78 Å². The first-order valence-corrected chi connectivity index (χ1v) is 5.51. The molecule has 5 nitrogen and oxygen atoms in total. The Hall–Kier alpha value is -2.14. The van der Waals surface area contributed by atoms with E-state index in [2.05, 4.69) is 4.98 Å². The number of carbonyl (C=O) groups is 1. The molecule has 0 bridgehead atoms. The lowest BCUT2D eigenvalue weighted by Crippen LogP contribution is -2.19. The molecule has 0 spiro atoms. The van der Waals surface area contributed by atoms with Gasteiger partial charge in [0.1, 0.15) is 6.61 Å². The maximum absolute atomic E-state index is 10.6. The lowest BCUT2D eigenvalue weighted by molar-refractivity contribution is -0.150. The first-order valence-electron chi connectivity index (χ1n) is 5.51. The van der Waals surface area contributed by atoms with Crippen LogP contribution in [0.2, 0.25) is 0 Å². The number of nitrogens with zero attached hydrogens (tertiary/aromatic N) is 1. The van der Waals surface area contributed by atoms with Crippen molar-refractivity contribution in [2.75, 3.05) is 0 Å². The molecule has 1 aromatic heterocycles. The number of rotatable bonds is 5. The molecule has 0 saturated heterocycles. The molecule has 0 amide bonds. The normalized spacial score (nSPS) is 12.3. The van der Waals surface area contributed by atoms with Crippen molar-refractivity contribution in [3.8, 4) is 11.3 Å². The third kappa shape index (κ3) is 2.95. The predicted molar refractivity (Wildman–Crippen MR) is 63.8 cm³/mol. The van der Waals surface area contributed by atoms with Gasteiger partial charge in [0.15, 0.2) is 11.9 Å². The van der Waals surface area contributed by atoms with Gasteiger partial charge in [-0.3, -0.25) is 0 Å². The summed E-state index contributed by atoms with van der Waals surface area (Å²) in [6, 6.07) is 9.54. The van der Waals surface area contributed by atoms with Crippen molar-refractivity contribution in [2.24, 2.45) is 0 Å². The van der Waals surface area contributed by atoms with Crippen molar-refractivity contribution in [3.63, 3.8) is 0 Å². The van der Waals surface area contributed by atoms with Crippen LogP contribution in [0.15, 0.2) is 40.9 Å². The Morgan fingerprint density at radius 2 is 2.17 bits per heavy atom. The average Bonchev–Trinajstić information content (AvgIpc) is 2.85. The molecule has 0 aliphatic heterocycles. The van der Waals surface area contributed by atoms with Gasteiger partial charge in [0.05, 0.1) is 6.20 Å². The monoisotopic (exact) mass is 247 g/mol. The first kappa shape index (κ1) is 12.3. The molecular formula is C13H13NO4. The van der Waals surface area contributed by atoms with Gasteiger partial charge in [0, 0.05) is 5.56 Å². The fraction of sp³-hybridized carbons (Fsp3) is 0.231. The van der Waals surface area contributed by atoms with Gasteiger partial charge in [-0.2, -0.15) is 0 Å². The summed E-state index contributed by atoms with van der Waals surface area (Å²) in [5.74, 6) is -0.0102. The number of aliphatic carboxylic acids is 1. The second-order valence-electron chi connectivity index (χ2n) is 3.78. The van der Waals surface area contributed by atoms with Crippen LogP contribution >= 0.6 is 0 Å². The van der Waals surface area contributed by atoms with Gasteiger partial charge in [-0.05, 0) is 6.92 Å². The Bertz CT molecular complexity index is 521. The summed E-state index contributed by atoms with van der Waals surface area (Å²) in [5, 5.41) is 8.67. The SMILES string of the molecule is CC(OCc1ncc(-c2ccccc2)o1)C(=O)O. The molecule has 0 radical (unpaired) electrons. The molecule has 5 heteroatoms. The van der Waals surface area contributed by atoms with Crippen molar-refractivity contribution >= 4 is 5.97 Å². The van der Waals surface area contributed by atoms with E-state index < -0.39 is 12.1 Å². The van der Waals surface area contributed by atoms with E-state index in [0.29, 0.717) is 11.7 Å². The standard InChI is InChI=1S/C13H13NO4/c1-9(13(15)16)17-8-12-14-7-11(18-12)10-5-3-2-4-6-10/h2-7,9H,8H2,1H3,(H,15,16). The molecule has 2 rings (SSSR count). The third-order valence-corrected chi connectivity index (χ3v) is 2.42. The number of ether oxygens (including phenoxy) is 1. The number of carboxylic acid groups (broad SMARTS) is 1. The van der Waals surface area contributed by atoms with Gasteiger partial charge >= 0.3 is 5.97 Å². The van der Waals surface area contributed by atoms with Crippen LogP contribution < -0.4 is 0 Å². The number of hydrogen-bond acceptors (Lipinski definition) is 4. The van der Waals surface area contributed by atoms with Gasteiger partial charge < -0.3 is 14.3 Å². The highest BCUT2D eigenvalue weighted by atomic mass is 16.5. The highest BCUT2D eigenvalue weighted by molar-refractivity contribution is 5.71. The number of hydrogen-bond donors (Lipinski definition) is 1. The topological polar surface area (TPSA) is 72.6 Å². The number of oxazole rings is 1. The van der Waals surface area contributed by atoms with Crippen molar-refractivity contribution in [3.05, 3.63) is 42.4 Å². The van der Waals surface area contributed by atoms with E-state index >= 15 is 0 Å². The van der Waals surface area contributed by atoms with Crippen molar-refractivity contribution in [2.45, 2.75) is 19.6 Å². The Balaban J connectivity index is 2.01. The molecule has 18 heavy (non-hydrogen) atoms. The Morgan fingerprint density at radius 1 is 1.44 bits per heavy atom. The fourth-order valence-electron chi connectivity index (χ4n) is 1.38. The number of carboxylic acids is 1. The molecule has 2 aromatic rings. The summed E-state index contributed by atoms with van der Waals surface area (Å²) in [7, 11) is 0. The highest BCUT2D eigenvalue weighted by Gasteiger charge is 2.13. The van der Waals surface area contributed by atoms with Crippen LogP contribution in [0.5, 0.6) is 0 Å². The van der Waals surface area contributed by atoms with E-state index in [0.717, 1.165) is 5.56 Å². The summed E-state index contributed by atoms with van der Waals surface area (Å²) >= 11 is 0. The van der Waals surface area contributed by atoms with Crippen molar-refractivity contribution in [1.82, 2.24) is 4.98 Å². The van der Waals surface area contributed by atoms with Crippen molar-refractivity contribution < 1.29 is 19.1 Å². The summed E-state index contributed by atoms with van der Waals surface area (Å²) in [5.41, 5.74) is 0.919. The van der Waals surface area contributed by atoms with E-state index in [1.54, 1.807) is 6.20 Å². The molecule has 1 N–H and O–H groups in total. The molecule has 0 aliphatic carbocycles. The minimum Gasteiger partial charge on any atom is -0.479 e. The van der Waals surface area contributed by atoms with Crippen molar-refractivity contribution in [1.29, 1.82) is 0 Å². The Labute approximate surface area is 104 Å². The van der Waals surface area contributed by atoms with Gasteiger partial charge in [0.2, 0.25) is 5.89 Å². The van der Waals surface area contributed by atoms with Gasteiger partial charge in [0.25, 0.3) is 0 Å². The number of aromatic nitrogens is 1. The Kier molecular flexibility index (Phi) is 3.74.